The molecule has 1 unspecified atom stereocenters. The summed E-state index contributed by atoms with van der Waals surface area (Å²) < 4.78 is 41.2. The van der Waals surface area contributed by atoms with E-state index >= 15 is 0 Å². The van der Waals surface area contributed by atoms with Crippen molar-refractivity contribution in [1.82, 2.24) is 0 Å². The van der Waals surface area contributed by atoms with Crippen molar-refractivity contribution in [2.75, 3.05) is 13.2 Å². The fourth-order valence-electron chi connectivity index (χ4n) is 2.25. The maximum absolute atomic E-state index is 12.3. The molecule has 2 aromatic rings. The summed E-state index contributed by atoms with van der Waals surface area (Å²) in [6.45, 7) is 3.61. The van der Waals surface area contributed by atoms with Crippen LogP contribution in [0.4, 0.5) is 0 Å². The van der Waals surface area contributed by atoms with Gasteiger partial charge in [-0.2, -0.15) is 8.42 Å². The molecular weight excluding hydrogens is 352 g/mol. The first-order valence-electron chi connectivity index (χ1n) is 7.35. The lowest BCUT2D eigenvalue weighted by molar-refractivity contribution is -0.0249. The molecule has 0 radical (unpaired) electrons. The van der Waals surface area contributed by atoms with Crippen molar-refractivity contribution >= 4 is 21.7 Å². The minimum atomic E-state index is -3.86. The highest BCUT2D eigenvalue weighted by atomic mass is 35.5. The van der Waals surface area contributed by atoms with E-state index in [-0.39, 0.29) is 18.1 Å². The van der Waals surface area contributed by atoms with Crippen LogP contribution >= 0.6 is 11.6 Å². The Kier molecular flexibility index (Phi) is 4.46. The molecule has 0 fully saturated rings. The second kappa shape index (κ2) is 6.27. The van der Waals surface area contributed by atoms with Crippen molar-refractivity contribution in [2.24, 2.45) is 0 Å². The van der Waals surface area contributed by atoms with Gasteiger partial charge >= 0.3 is 0 Å². The van der Waals surface area contributed by atoms with Crippen molar-refractivity contribution in [3.05, 3.63) is 53.1 Å². The first-order chi connectivity index (χ1) is 11.3. The van der Waals surface area contributed by atoms with Gasteiger partial charge in [-0.25, -0.2) is 0 Å². The van der Waals surface area contributed by atoms with Gasteiger partial charge in [-0.15, -0.1) is 0 Å². The molecule has 0 saturated heterocycles. The van der Waals surface area contributed by atoms with Gasteiger partial charge in [-0.1, -0.05) is 29.3 Å². The van der Waals surface area contributed by atoms with Gasteiger partial charge in [-0.05, 0) is 38.1 Å². The van der Waals surface area contributed by atoms with Gasteiger partial charge in [0.2, 0.25) is 0 Å². The molecule has 0 aliphatic carbocycles. The van der Waals surface area contributed by atoms with Gasteiger partial charge in [0, 0.05) is 11.1 Å². The number of hydrogen-bond donors (Lipinski definition) is 0. The third kappa shape index (κ3) is 3.66. The van der Waals surface area contributed by atoms with E-state index in [1.165, 1.54) is 12.1 Å². The average molecular weight is 369 g/mol. The smallest absolute Gasteiger partial charge is 0.297 e. The van der Waals surface area contributed by atoms with Gasteiger partial charge in [0.1, 0.15) is 13.2 Å². The summed E-state index contributed by atoms with van der Waals surface area (Å²) in [7, 11) is -3.86. The summed E-state index contributed by atoms with van der Waals surface area (Å²) in [5, 5.41) is 0.509. The third-order valence-corrected chi connectivity index (χ3v) is 5.14. The molecule has 0 aromatic heterocycles. The van der Waals surface area contributed by atoms with Gasteiger partial charge in [0.15, 0.2) is 17.1 Å². The second-order valence-corrected chi connectivity index (χ2v) is 8.01. The van der Waals surface area contributed by atoms with Crippen LogP contribution in [0.2, 0.25) is 5.02 Å². The van der Waals surface area contributed by atoms with E-state index in [1.807, 2.05) is 6.92 Å². The summed E-state index contributed by atoms with van der Waals surface area (Å²) in [6, 6.07) is 11.5. The molecule has 128 valence electrons. The highest BCUT2D eigenvalue weighted by Gasteiger charge is 2.35. The topological polar surface area (TPSA) is 61.8 Å². The Bertz CT molecular complexity index is 848. The third-order valence-electron chi connectivity index (χ3n) is 3.62. The zero-order valence-electron chi connectivity index (χ0n) is 13.3. The number of fused-ring (bicyclic) bond motifs is 1. The molecule has 1 heterocycles. The van der Waals surface area contributed by atoms with Crippen LogP contribution in [0, 0.1) is 6.92 Å². The number of benzene rings is 2. The molecule has 0 N–H and O–H groups in total. The van der Waals surface area contributed by atoms with Crippen LogP contribution in [0.25, 0.3) is 0 Å². The standard InChI is InChI=1S/C17H17ClO5S/c1-12-3-6-14(7-4-12)24(19,20)22-11-17(2)10-21-15-8-5-13(18)9-16(15)23-17/h3-9H,10-11H2,1-2H3. The fraction of sp³-hybridized carbons (Fsp3) is 0.294. The number of aryl methyl sites for hydroxylation is 1. The predicted octanol–water partition coefficient (Wildman–Crippen LogP) is 3.58. The van der Waals surface area contributed by atoms with E-state index < -0.39 is 15.7 Å². The van der Waals surface area contributed by atoms with E-state index in [1.54, 1.807) is 37.3 Å². The van der Waals surface area contributed by atoms with Crippen LogP contribution in [-0.2, 0) is 14.3 Å². The molecule has 0 saturated carbocycles. The molecule has 24 heavy (non-hydrogen) atoms. The molecule has 2 aromatic carbocycles. The Morgan fingerprint density at radius 1 is 1.17 bits per heavy atom. The van der Waals surface area contributed by atoms with Gasteiger partial charge in [0.25, 0.3) is 10.1 Å². The van der Waals surface area contributed by atoms with Crippen molar-refractivity contribution < 1.29 is 22.1 Å². The predicted molar refractivity (Wildman–Crippen MR) is 90.3 cm³/mol. The van der Waals surface area contributed by atoms with E-state index in [9.17, 15) is 8.42 Å². The zero-order valence-corrected chi connectivity index (χ0v) is 14.9. The van der Waals surface area contributed by atoms with Crippen LogP contribution in [0.3, 0.4) is 0 Å². The molecule has 7 heteroatoms. The Morgan fingerprint density at radius 3 is 2.58 bits per heavy atom. The SMILES string of the molecule is Cc1ccc(S(=O)(=O)OCC2(C)COc3ccc(Cl)cc3O2)cc1. The molecule has 1 atom stereocenters. The molecule has 5 nitrogen and oxygen atoms in total. The van der Waals surface area contributed by atoms with Crippen molar-refractivity contribution in [3.8, 4) is 11.5 Å². The number of hydrogen-bond acceptors (Lipinski definition) is 5. The second-order valence-electron chi connectivity index (χ2n) is 5.96. The van der Waals surface area contributed by atoms with Gasteiger partial charge < -0.3 is 9.47 Å². The molecule has 1 aliphatic heterocycles. The molecule has 0 bridgehead atoms. The van der Waals surface area contributed by atoms with E-state index in [0.29, 0.717) is 16.5 Å². The number of rotatable bonds is 4. The summed E-state index contributed by atoms with van der Waals surface area (Å²) in [4.78, 5) is 0.108. The van der Waals surface area contributed by atoms with E-state index in [2.05, 4.69) is 0 Å². The summed E-state index contributed by atoms with van der Waals surface area (Å²) in [5.41, 5.74) is 0.0357. The number of ether oxygens (including phenoxy) is 2. The highest BCUT2D eigenvalue weighted by Crippen LogP contribution is 2.37. The Balaban J connectivity index is 1.73. The molecule has 1 aliphatic rings. The highest BCUT2D eigenvalue weighted by molar-refractivity contribution is 7.86. The van der Waals surface area contributed by atoms with Crippen LogP contribution < -0.4 is 9.47 Å². The van der Waals surface area contributed by atoms with Crippen molar-refractivity contribution in [1.29, 1.82) is 0 Å². The normalized spacial score (nSPS) is 20.0. The van der Waals surface area contributed by atoms with Crippen molar-refractivity contribution in [3.63, 3.8) is 0 Å². The summed E-state index contributed by atoms with van der Waals surface area (Å²) >= 11 is 5.95. The van der Waals surface area contributed by atoms with Crippen LogP contribution in [0.15, 0.2) is 47.4 Å². The molecule has 0 amide bonds. The summed E-state index contributed by atoms with van der Waals surface area (Å²) in [5.74, 6) is 1.03. The fourth-order valence-corrected chi connectivity index (χ4v) is 3.42. The minimum absolute atomic E-state index is 0.108. The largest absolute Gasteiger partial charge is 0.485 e. The average Bonchev–Trinajstić information content (AvgIpc) is 2.53. The van der Waals surface area contributed by atoms with Crippen LogP contribution in [-0.4, -0.2) is 27.2 Å². The lowest BCUT2D eigenvalue weighted by Crippen LogP contribution is -2.46. The summed E-state index contributed by atoms with van der Waals surface area (Å²) in [6.07, 6.45) is 0. The molecule has 3 rings (SSSR count). The zero-order chi connectivity index (χ0) is 17.4. The van der Waals surface area contributed by atoms with E-state index in [4.69, 9.17) is 25.3 Å². The van der Waals surface area contributed by atoms with Crippen LogP contribution in [0.1, 0.15) is 12.5 Å². The van der Waals surface area contributed by atoms with Gasteiger partial charge in [0.05, 0.1) is 4.90 Å². The Hall–Kier alpha value is -1.76. The van der Waals surface area contributed by atoms with Crippen molar-refractivity contribution in [2.45, 2.75) is 24.3 Å². The Morgan fingerprint density at radius 2 is 1.88 bits per heavy atom. The first-order valence-corrected chi connectivity index (χ1v) is 9.14. The van der Waals surface area contributed by atoms with Gasteiger partial charge in [-0.3, -0.25) is 4.18 Å². The minimum Gasteiger partial charge on any atom is -0.485 e. The number of halogens is 1. The maximum atomic E-state index is 12.3. The molecule has 0 spiro atoms. The lowest BCUT2D eigenvalue weighted by Gasteiger charge is -2.35. The van der Waals surface area contributed by atoms with Crippen LogP contribution in [0.5, 0.6) is 11.5 Å². The molecular formula is C17H17ClO5S. The van der Waals surface area contributed by atoms with E-state index in [0.717, 1.165) is 5.56 Å². The Labute approximate surface area is 146 Å². The maximum Gasteiger partial charge on any atom is 0.297 e. The monoisotopic (exact) mass is 368 g/mol. The first kappa shape index (κ1) is 17.1. The quantitative estimate of drug-likeness (QED) is 0.772. The lowest BCUT2D eigenvalue weighted by atomic mass is 10.1.